The predicted molar refractivity (Wildman–Crippen MR) is 89.3 cm³/mol. The molecule has 0 saturated carbocycles. The van der Waals surface area contributed by atoms with Crippen LogP contribution in [0, 0.1) is 6.92 Å². The van der Waals surface area contributed by atoms with Gasteiger partial charge in [-0.3, -0.25) is 0 Å². The molecule has 0 heterocycles. The van der Waals surface area contributed by atoms with Crippen molar-refractivity contribution in [3.8, 4) is 11.5 Å². The lowest BCUT2D eigenvalue weighted by Gasteiger charge is -2.21. The molecule has 0 saturated heterocycles. The van der Waals surface area contributed by atoms with Crippen LogP contribution in [0.5, 0.6) is 11.5 Å². The third-order valence-corrected chi connectivity index (χ3v) is 4.05. The minimum absolute atomic E-state index is 0.0994. The van der Waals surface area contributed by atoms with Gasteiger partial charge < -0.3 is 14.8 Å². The standard InChI is InChI=1S/C17H20BrNO2/c1-11-8-15(20-3)16(21-4)10-14(11)17(19-2)12-6-5-7-13(18)9-12/h5-10,17,19H,1-4H3. The lowest BCUT2D eigenvalue weighted by Crippen LogP contribution is -2.19. The molecule has 0 aliphatic carbocycles. The summed E-state index contributed by atoms with van der Waals surface area (Å²) in [6.07, 6.45) is 0. The van der Waals surface area contributed by atoms with E-state index in [4.69, 9.17) is 9.47 Å². The highest BCUT2D eigenvalue weighted by Crippen LogP contribution is 2.35. The van der Waals surface area contributed by atoms with Crippen LogP contribution in [0.2, 0.25) is 0 Å². The molecule has 1 N–H and O–H groups in total. The van der Waals surface area contributed by atoms with Crippen molar-refractivity contribution >= 4 is 15.9 Å². The Balaban J connectivity index is 2.52. The van der Waals surface area contributed by atoms with Crippen LogP contribution in [0.1, 0.15) is 22.7 Å². The van der Waals surface area contributed by atoms with Crippen molar-refractivity contribution in [3.63, 3.8) is 0 Å². The van der Waals surface area contributed by atoms with Gasteiger partial charge in [0.05, 0.1) is 20.3 Å². The maximum atomic E-state index is 5.42. The van der Waals surface area contributed by atoms with Crippen molar-refractivity contribution in [2.75, 3.05) is 21.3 Å². The molecule has 2 rings (SSSR count). The highest BCUT2D eigenvalue weighted by atomic mass is 79.9. The molecule has 0 spiro atoms. The summed E-state index contributed by atoms with van der Waals surface area (Å²) in [5.41, 5.74) is 3.53. The first-order valence-electron chi connectivity index (χ1n) is 6.76. The summed E-state index contributed by atoms with van der Waals surface area (Å²) < 4.78 is 11.8. The summed E-state index contributed by atoms with van der Waals surface area (Å²) in [5, 5.41) is 3.37. The number of rotatable bonds is 5. The van der Waals surface area contributed by atoms with Crippen molar-refractivity contribution in [3.05, 3.63) is 57.6 Å². The number of benzene rings is 2. The molecule has 1 atom stereocenters. The van der Waals surface area contributed by atoms with Gasteiger partial charge in [0.1, 0.15) is 0 Å². The second-order valence-corrected chi connectivity index (χ2v) is 5.76. The summed E-state index contributed by atoms with van der Waals surface area (Å²) in [6, 6.07) is 12.5. The van der Waals surface area contributed by atoms with Crippen molar-refractivity contribution in [1.82, 2.24) is 5.32 Å². The molecule has 0 radical (unpaired) electrons. The molecule has 1 unspecified atom stereocenters. The normalized spacial score (nSPS) is 12.0. The van der Waals surface area contributed by atoms with E-state index in [0.717, 1.165) is 21.5 Å². The number of halogens is 1. The molecule has 0 aliphatic rings. The van der Waals surface area contributed by atoms with E-state index < -0.39 is 0 Å². The Kier molecular flexibility index (Phi) is 5.26. The Morgan fingerprint density at radius 2 is 1.71 bits per heavy atom. The van der Waals surface area contributed by atoms with Gasteiger partial charge in [0, 0.05) is 4.47 Å². The Labute approximate surface area is 134 Å². The molecule has 112 valence electrons. The van der Waals surface area contributed by atoms with Crippen LogP contribution >= 0.6 is 15.9 Å². The number of nitrogens with one attached hydrogen (secondary N) is 1. The van der Waals surface area contributed by atoms with E-state index in [1.165, 1.54) is 11.1 Å². The summed E-state index contributed by atoms with van der Waals surface area (Å²) >= 11 is 3.53. The van der Waals surface area contributed by atoms with Crippen molar-refractivity contribution < 1.29 is 9.47 Å². The molecule has 2 aromatic rings. The smallest absolute Gasteiger partial charge is 0.161 e. The average molecular weight is 350 g/mol. The van der Waals surface area contributed by atoms with Gasteiger partial charge in [-0.05, 0) is 54.9 Å². The lowest BCUT2D eigenvalue weighted by atomic mass is 9.94. The van der Waals surface area contributed by atoms with Crippen LogP contribution in [-0.2, 0) is 0 Å². The molecule has 21 heavy (non-hydrogen) atoms. The van der Waals surface area contributed by atoms with E-state index in [9.17, 15) is 0 Å². The minimum Gasteiger partial charge on any atom is -0.493 e. The van der Waals surface area contributed by atoms with Crippen LogP contribution in [0.15, 0.2) is 40.9 Å². The first-order chi connectivity index (χ1) is 10.1. The molecule has 0 bridgehead atoms. The zero-order valence-electron chi connectivity index (χ0n) is 12.7. The van der Waals surface area contributed by atoms with Gasteiger partial charge in [-0.25, -0.2) is 0 Å². The van der Waals surface area contributed by atoms with Gasteiger partial charge in [-0.15, -0.1) is 0 Å². The van der Waals surface area contributed by atoms with Gasteiger partial charge >= 0.3 is 0 Å². The molecular weight excluding hydrogens is 330 g/mol. The van der Waals surface area contributed by atoms with E-state index in [1.54, 1.807) is 14.2 Å². The Morgan fingerprint density at radius 3 is 2.29 bits per heavy atom. The second-order valence-electron chi connectivity index (χ2n) is 4.84. The quantitative estimate of drug-likeness (QED) is 0.881. The van der Waals surface area contributed by atoms with Gasteiger partial charge in [-0.2, -0.15) is 0 Å². The Hall–Kier alpha value is -1.52. The number of hydrogen-bond acceptors (Lipinski definition) is 3. The van der Waals surface area contributed by atoms with Crippen LogP contribution in [-0.4, -0.2) is 21.3 Å². The average Bonchev–Trinajstić information content (AvgIpc) is 2.49. The van der Waals surface area contributed by atoms with E-state index in [1.807, 2.05) is 31.3 Å². The first kappa shape index (κ1) is 15.9. The summed E-state index contributed by atoms with van der Waals surface area (Å²) in [5.74, 6) is 1.50. The van der Waals surface area contributed by atoms with E-state index >= 15 is 0 Å². The minimum atomic E-state index is 0.0994. The van der Waals surface area contributed by atoms with Crippen molar-refractivity contribution in [1.29, 1.82) is 0 Å². The Morgan fingerprint density at radius 1 is 1.05 bits per heavy atom. The fraction of sp³-hybridized carbons (Fsp3) is 0.294. The fourth-order valence-electron chi connectivity index (χ4n) is 2.50. The molecule has 0 amide bonds. The van der Waals surface area contributed by atoms with Crippen LogP contribution in [0.3, 0.4) is 0 Å². The number of methoxy groups -OCH3 is 2. The zero-order valence-corrected chi connectivity index (χ0v) is 14.3. The zero-order chi connectivity index (χ0) is 15.4. The first-order valence-corrected chi connectivity index (χ1v) is 7.55. The topological polar surface area (TPSA) is 30.5 Å². The van der Waals surface area contributed by atoms with Crippen LogP contribution in [0.25, 0.3) is 0 Å². The van der Waals surface area contributed by atoms with E-state index in [0.29, 0.717) is 0 Å². The number of hydrogen-bond donors (Lipinski definition) is 1. The monoisotopic (exact) mass is 349 g/mol. The van der Waals surface area contributed by atoms with Gasteiger partial charge in [0.2, 0.25) is 0 Å². The summed E-state index contributed by atoms with van der Waals surface area (Å²) in [4.78, 5) is 0. The molecule has 3 nitrogen and oxygen atoms in total. The molecular formula is C17H20BrNO2. The molecule has 4 heteroatoms. The van der Waals surface area contributed by atoms with E-state index in [2.05, 4.69) is 40.3 Å². The SMILES string of the molecule is CNC(c1cccc(Br)c1)c1cc(OC)c(OC)cc1C. The van der Waals surface area contributed by atoms with Crippen molar-refractivity contribution in [2.24, 2.45) is 0 Å². The molecule has 2 aromatic carbocycles. The highest BCUT2D eigenvalue weighted by molar-refractivity contribution is 9.10. The predicted octanol–water partition coefficient (Wildman–Crippen LogP) is 4.08. The number of aryl methyl sites for hydroxylation is 1. The molecule has 0 aromatic heterocycles. The van der Waals surface area contributed by atoms with Gasteiger partial charge in [0.15, 0.2) is 11.5 Å². The summed E-state index contributed by atoms with van der Waals surface area (Å²) in [7, 11) is 5.27. The molecule has 0 fully saturated rings. The molecule has 0 aliphatic heterocycles. The van der Waals surface area contributed by atoms with Crippen LogP contribution in [0.4, 0.5) is 0 Å². The largest absolute Gasteiger partial charge is 0.493 e. The van der Waals surface area contributed by atoms with Crippen molar-refractivity contribution in [2.45, 2.75) is 13.0 Å². The number of ether oxygens (including phenoxy) is 2. The van der Waals surface area contributed by atoms with E-state index in [-0.39, 0.29) is 6.04 Å². The maximum Gasteiger partial charge on any atom is 0.161 e. The second kappa shape index (κ2) is 6.96. The van der Waals surface area contributed by atoms with Gasteiger partial charge in [-0.1, -0.05) is 28.1 Å². The Bertz CT molecular complexity index is 628. The van der Waals surface area contributed by atoms with Gasteiger partial charge in [0.25, 0.3) is 0 Å². The summed E-state index contributed by atoms with van der Waals surface area (Å²) in [6.45, 7) is 2.08. The van der Waals surface area contributed by atoms with Crippen LogP contribution < -0.4 is 14.8 Å². The highest BCUT2D eigenvalue weighted by Gasteiger charge is 2.17. The fourth-order valence-corrected chi connectivity index (χ4v) is 2.91. The third kappa shape index (κ3) is 3.39. The maximum absolute atomic E-state index is 5.42. The lowest BCUT2D eigenvalue weighted by molar-refractivity contribution is 0.354. The third-order valence-electron chi connectivity index (χ3n) is 3.55.